The lowest BCUT2D eigenvalue weighted by atomic mass is 10.1. The molecule has 2 rings (SSSR count). The van der Waals surface area contributed by atoms with Crippen molar-refractivity contribution in [1.82, 2.24) is 4.98 Å². The van der Waals surface area contributed by atoms with Crippen LogP contribution in [-0.2, 0) is 6.18 Å². The lowest BCUT2D eigenvalue weighted by Crippen LogP contribution is -2.06. The van der Waals surface area contributed by atoms with E-state index in [1.807, 2.05) is 0 Å². The quantitative estimate of drug-likeness (QED) is 0.638. The van der Waals surface area contributed by atoms with Gasteiger partial charge in [-0.1, -0.05) is 17.7 Å². The minimum Gasteiger partial charge on any atom is -0.449 e. The summed E-state index contributed by atoms with van der Waals surface area (Å²) in [5, 5.41) is 8.42. The lowest BCUT2D eigenvalue weighted by molar-refractivity contribution is -0.137. The first kappa shape index (κ1) is 13.4. The van der Waals surface area contributed by atoms with E-state index in [2.05, 4.69) is 9.72 Å². The van der Waals surface area contributed by atoms with Crippen molar-refractivity contribution in [3.05, 3.63) is 35.0 Å². The minimum absolute atomic E-state index is 0.00226. The number of nitrogens with zero attached hydrogens (tertiary/aromatic N) is 1. The molecule has 0 saturated carbocycles. The Hall–Kier alpha value is -2.02. The fourth-order valence-corrected chi connectivity index (χ4v) is 1.65. The molecule has 2 aromatic rings. The van der Waals surface area contributed by atoms with E-state index >= 15 is 0 Å². The molecule has 0 aliphatic rings. The summed E-state index contributed by atoms with van der Waals surface area (Å²) in [7, 11) is 0. The van der Waals surface area contributed by atoms with Gasteiger partial charge in [0.15, 0.2) is 10.9 Å². The van der Waals surface area contributed by atoms with E-state index in [-0.39, 0.29) is 21.8 Å². The number of hydrogen-bond donors (Lipinski definition) is 1. The highest BCUT2D eigenvalue weighted by Crippen LogP contribution is 2.33. The number of benzene rings is 1. The molecule has 8 heteroatoms. The first-order valence-electron chi connectivity index (χ1n) is 4.85. The minimum atomic E-state index is -4.49. The van der Waals surface area contributed by atoms with Gasteiger partial charge in [-0.15, -0.1) is 0 Å². The van der Waals surface area contributed by atoms with E-state index in [9.17, 15) is 18.0 Å². The number of carbonyl (C=O) groups is 1. The topological polar surface area (TPSA) is 59.4 Å². The van der Waals surface area contributed by atoms with Crippen LogP contribution in [0.3, 0.4) is 0 Å². The molecule has 0 unspecified atom stereocenters. The summed E-state index contributed by atoms with van der Waals surface area (Å²) in [5.74, 6) is -0.235. The molecule has 0 spiro atoms. The van der Waals surface area contributed by atoms with E-state index in [4.69, 9.17) is 16.7 Å². The first-order chi connectivity index (χ1) is 8.77. The number of alkyl halides is 3. The summed E-state index contributed by atoms with van der Waals surface area (Å²) in [6, 6.07) is 4.06. The van der Waals surface area contributed by atoms with Crippen LogP contribution < -0.4 is 4.74 Å². The van der Waals surface area contributed by atoms with Gasteiger partial charge in [0.25, 0.3) is 0 Å². The summed E-state index contributed by atoms with van der Waals surface area (Å²) in [4.78, 5) is 14.1. The third-order valence-corrected chi connectivity index (χ3v) is 2.53. The Morgan fingerprint density at radius 2 is 2.00 bits per heavy atom. The van der Waals surface area contributed by atoms with Gasteiger partial charge in [0.1, 0.15) is 0 Å². The van der Waals surface area contributed by atoms with Crippen molar-refractivity contribution in [2.24, 2.45) is 0 Å². The maximum atomic E-state index is 12.5. The predicted octanol–water partition coefficient (Wildman–Crippen LogP) is 3.96. The number of aromatic nitrogens is 1. The predicted molar refractivity (Wildman–Crippen MR) is 60.4 cm³/mol. The number of halogens is 4. The molecule has 1 heterocycles. The molecule has 1 aromatic carbocycles. The van der Waals surface area contributed by atoms with E-state index in [1.165, 1.54) is 6.07 Å². The molecular formula is C11H5ClF3NO3. The fourth-order valence-electron chi connectivity index (χ4n) is 1.47. The Morgan fingerprint density at radius 3 is 2.58 bits per heavy atom. The van der Waals surface area contributed by atoms with Crippen LogP contribution >= 0.6 is 11.6 Å². The van der Waals surface area contributed by atoms with Crippen LogP contribution in [0.15, 0.2) is 24.3 Å². The van der Waals surface area contributed by atoms with E-state index in [0.29, 0.717) is 0 Å². The van der Waals surface area contributed by atoms with Gasteiger partial charge in [-0.2, -0.15) is 13.2 Å². The number of carboxylic acid groups (broad SMARTS) is 1. The molecule has 0 radical (unpaired) electrons. The molecule has 0 atom stereocenters. The largest absolute Gasteiger partial charge is 0.511 e. The fraction of sp³-hybridized carbons (Fsp3) is 0.0909. The molecule has 0 fully saturated rings. The Bertz CT molecular complexity index is 657. The normalized spacial score (nSPS) is 11.6. The average molecular weight is 292 g/mol. The zero-order valence-corrected chi connectivity index (χ0v) is 9.79. The van der Waals surface area contributed by atoms with Crippen LogP contribution in [0.1, 0.15) is 5.56 Å². The molecule has 0 amide bonds. The van der Waals surface area contributed by atoms with Crippen molar-refractivity contribution in [2.45, 2.75) is 6.18 Å². The van der Waals surface area contributed by atoms with Gasteiger partial charge in [-0.25, -0.2) is 9.78 Å². The van der Waals surface area contributed by atoms with Gasteiger partial charge in [0.2, 0.25) is 0 Å². The van der Waals surface area contributed by atoms with Gasteiger partial charge < -0.3 is 9.84 Å². The molecule has 1 aromatic heterocycles. The second kappa shape index (κ2) is 4.58. The van der Waals surface area contributed by atoms with Crippen LogP contribution in [0.25, 0.3) is 10.9 Å². The average Bonchev–Trinajstić information content (AvgIpc) is 2.27. The highest BCUT2D eigenvalue weighted by Gasteiger charge is 2.30. The van der Waals surface area contributed by atoms with Gasteiger partial charge in [0.05, 0.1) is 11.1 Å². The Labute approximate surface area is 109 Å². The first-order valence-corrected chi connectivity index (χ1v) is 5.23. The summed E-state index contributed by atoms with van der Waals surface area (Å²) < 4.78 is 41.9. The van der Waals surface area contributed by atoms with Gasteiger partial charge >= 0.3 is 12.3 Å². The molecule has 19 heavy (non-hydrogen) atoms. The van der Waals surface area contributed by atoms with Crippen molar-refractivity contribution >= 4 is 28.7 Å². The van der Waals surface area contributed by atoms with E-state index < -0.39 is 17.9 Å². The summed E-state index contributed by atoms with van der Waals surface area (Å²) >= 11 is 5.63. The number of rotatable bonds is 1. The summed E-state index contributed by atoms with van der Waals surface area (Å²) in [6.45, 7) is 0. The van der Waals surface area contributed by atoms with E-state index in [0.717, 1.165) is 18.2 Å². The third kappa shape index (κ3) is 2.87. The van der Waals surface area contributed by atoms with Gasteiger partial charge in [-0.3, -0.25) is 0 Å². The van der Waals surface area contributed by atoms with Crippen molar-refractivity contribution in [1.29, 1.82) is 0 Å². The second-order valence-electron chi connectivity index (χ2n) is 3.55. The lowest BCUT2D eigenvalue weighted by Gasteiger charge is -2.08. The molecule has 4 nitrogen and oxygen atoms in total. The zero-order chi connectivity index (χ0) is 14.2. The molecular weight excluding hydrogens is 287 g/mol. The van der Waals surface area contributed by atoms with Crippen LogP contribution in [-0.4, -0.2) is 16.2 Å². The zero-order valence-electron chi connectivity index (χ0n) is 9.03. The molecule has 100 valence electrons. The van der Waals surface area contributed by atoms with Crippen LogP contribution in [0, 0.1) is 0 Å². The van der Waals surface area contributed by atoms with Crippen molar-refractivity contribution in [3.8, 4) is 5.75 Å². The Morgan fingerprint density at radius 1 is 1.32 bits per heavy atom. The number of hydrogen-bond acceptors (Lipinski definition) is 3. The maximum absolute atomic E-state index is 12.5. The SMILES string of the molecule is O=C(O)Oc1cc2ccc(C(F)(F)F)cc2nc1Cl. The number of ether oxygens (including phenoxy) is 1. The Kier molecular flexibility index (Phi) is 3.23. The maximum Gasteiger partial charge on any atom is 0.511 e. The van der Waals surface area contributed by atoms with Gasteiger partial charge in [0, 0.05) is 5.39 Å². The molecule has 0 bridgehead atoms. The van der Waals surface area contributed by atoms with Gasteiger partial charge in [-0.05, 0) is 18.2 Å². The van der Waals surface area contributed by atoms with Crippen LogP contribution in [0.2, 0.25) is 5.15 Å². The summed E-state index contributed by atoms with van der Waals surface area (Å²) in [5.41, 5.74) is -0.868. The van der Waals surface area contributed by atoms with Crippen molar-refractivity contribution < 1.29 is 27.8 Å². The standard InChI is InChI=1S/C11H5ClF3NO3/c12-9-8(19-10(17)18)3-5-1-2-6(11(13,14)15)4-7(5)16-9/h1-4H,(H,17,18). The van der Waals surface area contributed by atoms with Crippen molar-refractivity contribution in [3.63, 3.8) is 0 Å². The van der Waals surface area contributed by atoms with Crippen LogP contribution in [0.5, 0.6) is 5.75 Å². The summed E-state index contributed by atoms with van der Waals surface area (Å²) in [6.07, 6.45) is -6.08. The smallest absolute Gasteiger partial charge is 0.449 e. The molecule has 1 N–H and O–H groups in total. The van der Waals surface area contributed by atoms with E-state index in [1.54, 1.807) is 0 Å². The van der Waals surface area contributed by atoms with Crippen molar-refractivity contribution in [2.75, 3.05) is 0 Å². The van der Waals surface area contributed by atoms with Crippen LogP contribution in [0.4, 0.5) is 18.0 Å². The number of pyridine rings is 1. The molecule has 0 aliphatic heterocycles. The number of fused-ring (bicyclic) bond motifs is 1. The highest BCUT2D eigenvalue weighted by atomic mass is 35.5. The third-order valence-electron chi connectivity index (χ3n) is 2.26. The monoisotopic (exact) mass is 291 g/mol. The Balaban J connectivity index is 2.55. The molecule has 0 saturated heterocycles. The second-order valence-corrected chi connectivity index (χ2v) is 3.91. The highest BCUT2D eigenvalue weighted by molar-refractivity contribution is 6.31. The molecule has 0 aliphatic carbocycles.